The van der Waals surface area contributed by atoms with E-state index in [1.54, 1.807) is 0 Å². The van der Waals surface area contributed by atoms with Crippen LogP contribution in [0.25, 0.3) is 105 Å². The second kappa shape index (κ2) is 11.6. The van der Waals surface area contributed by atoms with Crippen LogP contribution < -0.4 is 0 Å². The van der Waals surface area contributed by atoms with E-state index in [2.05, 4.69) is 187 Å². The molecule has 1 aliphatic rings. The van der Waals surface area contributed by atoms with Crippen molar-refractivity contribution in [1.29, 1.82) is 0 Å². The topological polar surface area (TPSA) is 17.8 Å². The molecule has 53 heavy (non-hydrogen) atoms. The Labute approximate surface area is 308 Å². The monoisotopic (exact) mass is 674 g/mol. The van der Waals surface area contributed by atoms with E-state index < -0.39 is 0 Å². The van der Waals surface area contributed by atoms with Crippen LogP contribution in [0, 0.1) is 0 Å². The molecule has 0 N–H and O–H groups in total. The molecule has 11 rings (SSSR count). The average Bonchev–Trinajstić information content (AvgIpc) is 3.76. The van der Waals surface area contributed by atoms with Gasteiger partial charge in [-0.25, -0.2) is 4.98 Å². The van der Waals surface area contributed by atoms with Crippen molar-refractivity contribution in [3.63, 3.8) is 0 Å². The van der Waals surface area contributed by atoms with Crippen LogP contribution in [0.4, 0.5) is 0 Å². The molecule has 0 bridgehead atoms. The van der Waals surface area contributed by atoms with Crippen molar-refractivity contribution in [3.05, 3.63) is 182 Å². The lowest BCUT2D eigenvalue weighted by Crippen LogP contribution is -2.00. The minimum atomic E-state index is 0.860. The molecule has 9 aromatic carbocycles. The Bertz CT molecular complexity index is 3070. The molecule has 0 saturated carbocycles. The fourth-order valence-electron chi connectivity index (χ4n) is 8.94. The van der Waals surface area contributed by atoms with E-state index in [-0.39, 0.29) is 0 Å². The van der Waals surface area contributed by atoms with Gasteiger partial charge in [0.15, 0.2) is 0 Å². The molecule has 0 spiro atoms. The molecular formula is C51H34N2. The number of hydrogen-bond acceptors (Lipinski definition) is 1. The Morgan fingerprint density at radius 3 is 1.85 bits per heavy atom. The highest BCUT2D eigenvalue weighted by Crippen LogP contribution is 2.50. The van der Waals surface area contributed by atoms with E-state index in [1.165, 1.54) is 88.0 Å². The molecule has 2 nitrogen and oxygen atoms in total. The number of hydrogen-bond donors (Lipinski definition) is 0. The van der Waals surface area contributed by atoms with Crippen LogP contribution in [-0.4, -0.2) is 9.55 Å². The molecule has 1 aliphatic carbocycles. The van der Waals surface area contributed by atoms with Gasteiger partial charge in [-0.05, 0) is 124 Å². The van der Waals surface area contributed by atoms with E-state index in [9.17, 15) is 0 Å². The van der Waals surface area contributed by atoms with E-state index in [4.69, 9.17) is 4.98 Å². The molecular weight excluding hydrogens is 641 g/mol. The van der Waals surface area contributed by atoms with Crippen molar-refractivity contribution in [2.24, 2.45) is 0 Å². The molecule has 10 aromatic rings. The summed E-state index contributed by atoms with van der Waals surface area (Å²) in [4.78, 5) is 4.95. The van der Waals surface area contributed by atoms with Gasteiger partial charge in [-0.3, -0.25) is 4.57 Å². The lowest BCUT2D eigenvalue weighted by Gasteiger charge is -2.19. The summed E-state index contributed by atoms with van der Waals surface area (Å²) in [5.74, 6) is 1.07. The van der Waals surface area contributed by atoms with Crippen molar-refractivity contribution >= 4 is 43.4 Å². The number of imidazole rings is 1. The van der Waals surface area contributed by atoms with Crippen molar-refractivity contribution < 1.29 is 0 Å². The molecule has 248 valence electrons. The molecule has 0 fully saturated rings. The molecule has 0 saturated heterocycles. The van der Waals surface area contributed by atoms with Crippen LogP contribution in [0.2, 0.25) is 0 Å². The van der Waals surface area contributed by atoms with Crippen LogP contribution >= 0.6 is 0 Å². The molecule has 0 aliphatic heterocycles. The maximum atomic E-state index is 4.95. The molecule has 2 heteroatoms. The summed E-state index contributed by atoms with van der Waals surface area (Å²) in [6.07, 6.45) is 0.860. The first-order chi connectivity index (χ1) is 26.2. The Hall–Kier alpha value is -6.77. The minimum absolute atomic E-state index is 0.860. The maximum absolute atomic E-state index is 4.95. The van der Waals surface area contributed by atoms with Gasteiger partial charge in [0.2, 0.25) is 0 Å². The smallest absolute Gasteiger partial charge is 0.114 e. The number of aryl methyl sites for hydroxylation is 1. The second-order valence-corrected chi connectivity index (χ2v) is 14.1. The third-order valence-corrected chi connectivity index (χ3v) is 11.3. The molecule has 1 heterocycles. The SMILES string of the molecule is CCc1nc2ccccc2n1-c1ccc(-c2c3ccccc3c(-c3ccc4c(c3)-c3cccc5cccc-4c35)c3ccc(-c4ccccc4)cc23)cc1. The van der Waals surface area contributed by atoms with Gasteiger partial charge < -0.3 is 0 Å². The summed E-state index contributed by atoms with van der Waals surface area (Å²) in [6.45, 7) is 2.18. The van der Waals surface area contributed by atoms with Crippen molar-refractivity contribution in [1.82, 2.24) is 9.55 Å². The van der Waals surface area contributed by atoms with Gasteiger partial charge in [0, 0.05) is 12.1 Å². The van der Waals surface area contributed by atoms with Crippen molar-refractivity contribution in [2.45, 2.75) is 13.3 Å². The highest BCUT2D eigenvalue weighted by Gasteiger charge is 2.24. The summed E-state index contributed by atoms with van der Waals surface area (Å²) in [6, 6.07) is 64.8. The zero-order valence-electron chi connectivity index (χ0n) is 29.3. The van der Waals surface area contributed by atoms with Crippen LogP contribution in [-0.2, 0) is 6.42 Å². The first kappa shape index (κ1) is 29.9. The van der Waals surface area contributed by atoms with Gasteiger partial charge in [-0.2, -0.15) is 0 Å². The fraction of sp³-hybridized carbons (Fsp3) is 0.0392. The lowest BCUT2D eigenvalue weighted by molar-refractivity contribution is 0.908. The minimum Gasteiger partial charge on any atom is -0.296 e. The van der Waals surface area contributed by atoms with Gasteiger partial charge in [0.25, 0.3) is 0 Å². The maximum Gasteiger partial charge on any atom is 0.114 e. The fourth-order valence-corrected chi connectivity index (χ4v) is 8.94. The number of benzene rings is 9. The number of rotatable bonds is 5. The standard InChI is InChI=1S/C51H34N2/c1-2-48-52-46-20-8-9-21-47(46)53(48)37-26-22-34(23-27-37)50-40-16-6-7-17-41(40)51(43-29-24-35(30-45(43)50)32-12-4-3-5-13-32)36-25-28-38-39-18-10-14-33-15-11-19-42(49(33)39)44(38)31-36/h3-31H,2H2,1H3. The third kappa shape index (κ3) is 4.49. The zero-order valence-corrected chi connectivity index (χ0v) is 29.3. The quantitative estimate of drug-likeness (QED) is 0.166. The van der Waals surface area contributed by atoms with Crippen LogP contribution in [0.5, 0.6) is 0 Å². The normalized spacial score (nSPS) is 11.9. The number of fused-ring (bicyclic) bond motifs is 6. The number of nitrogens with zero attached hydrogens (tertiary/aromatic N) is 2. The molecule has 0 amide bonds. The van der Waals surface area contributed by atoms with Gasteiger partial charge >= 0.3 is 0 Å². The number of para-hydroxylation sites is 2. The average molecular weight is 675 g/mol. The second-order valence-electron chi connectivity index (χ2n) is 14.1. The van der Waals surface area contributed by atoms with Gasteiger partial charge in [-0.15, -0.1) is 0 Å². The summed E-state index contributed by atoms with van der Waals surface area (Å²) in [5.41, 5.74) is 16.0. The third-order valence-electron chi connectivity index (χ3n) is 11.3. The summed E-state index contributed by atoms with van der Waals surface area (Å²) in [7, 11) is 0. The molecule has 0 unspecified atom stereocenters. The van der Waals surface area contributed by atoms with Crippen molar-refractivity contribution in [2.75, 3.05) is 0 Å². The first-order valence-corrected chi connectivity index (χ1v) is 18.5. The predicted molar refractivity (Wildman–Crippen MR) is 224 cm³/mol. The highest BCUT2D eigenvalue weighted by atomic mass is 15.1. The number of aromatic nitrogens is 2. The zero-order chi connectivity index (χ0) is 35.0. The van der Waals surface area contributed by atoms with E-state index in [0.29, 0.717) is 0 Å². The first-order valence-electron chi connectivity index (χ1n) is 18.5. The molecule has 0 atom stereocenters. The molecule has 0 radical (unpaired) electrons. The van der Waals surface area contributed by atoms with Crippen LogP contribution in [0.1, 0.15) is 12.7 Å². The Morgan fingerprint density at radius 1 is 0.434 bits per heavy atom. The van der Waals surface area contributed by atoms with Crippen molar-refractivity contribution in [3.8, 4) is 61.3 Å². The van der Waals surface area contributed by atoms with E-state index >= 15 is 0 Å². The molecule has 1 aromatic heterocycles. The Kier molecular flexibility index (Phi) is 6.56. The lowest BCUT2D eigenvalue weighted by atomic mass is 9.84. The van der Waals surface area contributed by atoms with Crippen LogP contribution in [0.15, 0.2) is 176 Å². The van der Waals surface area contributed by atoms with Gasteiger partial charge in [-0.1, -0.05) is 146 Å². The van der Waals surface area contributed by atoms with E-state index in [1.807, 2.05) is 0 Å². The Balaban J connectivity index is 1.16. The van der Waals surface area contributed by atoms with E-state index in [0.717, 1.165) is 29.0 Å². The summed E-state index contributed by atoms with van der Waals surface area (Å²) in [5, 5.41) is 7.67. The van der Waals surface area contributed by atoms with Crippen LogP contribution in [0.3, 0.4) is 0 Å². The highest BCUT2D eigenvalue weighted by molar-refractivity contribution is 6.23. The Morgan fingerprint density at radius 2 is 1.08 bits per heavy atom. The largest absolute Gasteiger partial charge is 0.296 e. The summed E-state index contributed by atoms with van der Waals surface area (Å²) < 4.78 is 2.30. The van der Waals surface area contributed by atoms with Gasteiger partial charge in [0.1, 0.15) is 5.82 Å². The predicted octanol–water partition coefficient (Wildman–Crippen LogP) is 13.7. The summed E-state index contributed by atoms with van der Waals surface area (Å²) >= 11 is 0. The van der Waals surface area contributed by atoms with Gasteiger partial charge in [0.05, 0.1) is 11.0 Å².